The summed E-state index contributed by atoms with van der Waals surface area (Å²) in [5, 5.41) is 12.9. The molecule has 9 heteroatoms. The van der Waals surface area contributed by atoms with Crippen molar-refractivity contribution < 1.29 is 4.79 Å². The highest BCUT2D eigenvalue weighted by Gasteiger charge is 2.23. The van der Waals surface area contributed by atoms with E-state index in [2.05, 4.69) is 32.3 Å². The zero-order valence-electron chi connectivity index (χ0n) is 23.1. The van der Waals surface area contributed by atoms with Crippen molar-refractivity contribution in [2.24, 2.45) is 7.05 Å². The van der Waals surface area contributed by atoms with Crippen molar-refractivity contribution in [3.05, 3.63) is 123 Å². The van der Waals surface area contributed by atoms with Crippen LogP contribution in [0.25, 0.3) is 22.1 Å². The first-order valence-corrected chi connectivity index (χ1v) is 13.2. The Bertz CT molecular complexity index is 2090. The molecule has 6 aromatic rings. The number of pyridine rings is 1. The average molecular weight is 542 g/mol. The first kappa shape index (κ1) is 25.8. The number of aryl methyl sites for hydroxylation is 3. The Kier molecular flexibility index (Phi) is 6.44. The van der Waals surface area contributed by atoms with E-state index in [0.717, 1.165) is 16.5 Å². The van der Waals surface area contributed by atoms with Crippen LogP contribution in [0.1, 0.15) is 51.4 Å². The summed E-state index contributed by atoms with van der Waals surface area (Å²) >= 11 is 0. The fourth-order valence-electron chi connectivity index (χ4n) is 5.07. The molecule has 1 amide bonds. The van der Waals surface area contributed by atoms with Gasteiger partial charge in [0.2, 0.25) is 0 Å². The highest BCUT2D eigenvalue weighted by molar-refractivity contribution is 6.01. The molecule has 0 bridgehead atoms. The van der Waals surface area contributed by atoms with E-state index in [1.807, 2.05) is 75.6 Å². The monoisotopic (exact) mass is 541 g/mol. The lowest BCUT2D eigenvalue weighted by atomic mass is 10.0. The number of hydrogen-bond acceptors (Lipinski definition) is 5. The van der Waals surface area contributed by atoms with Crippen LogP contribution < -0.4 is 10.9 Å². The van der Waals surface area contributed by atoms with Gasteiger partial charge in [-0.3, -0.25) is 18.8 Å². The van der Waals surface area contributed by atoms with E-state index in [-0.39, 0.29) is 11.5 Å². The number of aromatic nitrogens is 6. The van der Waals surface area contributed by atoms with Crippen molar-refractivity contribution in [1.82, 2.24) is 34.3 Å². The molecule has 9 nitrogen and oxygen atoms in total. The van der Waals surface area contributed by atoms with Crippen LogP contribution in [-0.4, -0.2) is 34.9 Å². The van der Waals surface area contributed by atoms with Gasteiger partial charge in [-0.15, -0.1) is 0 Å². The Labute approximate surface area is 236 Å². The summed E-state index contributed by atoms with van der Waals surface area (Å²) in [6.45, 7) is 5.62. The van der Waals surface area contributed by atoms with E-state index < -0.39 is 6.04 Å². The molecule has 0 radical (unpaired) electrons. The van der Waals surface area contributed by atoms with Crippen molar-refractivity contribution in [1.29, 1.82) is 0 Å². The first-order chi connectivity index (χ1) is 19.8. The zero-order valence-corrected chi connectivity index (χ0v) is 23.1. The van der Waals surface area contributed by atoms with Crippen molar-refractivity contribution in [3.63, 3.8) is 0 Å². The number of hydrogen-bond donors (Lipinski definition) is 1. The lowest BCUT2D eigenvalue weighted by molar-refractivity contribution is 0.0939. The molecule has 0 saturated carbocycles. The van der Waals surface area contributed by atoms with Crippen molar-refractivity contribution in [3.8, 4) is 17.5 Å². The van der Waals surface area contributed by atoms with Gasteiger partial charge < -0.3 is 5.32 Å². The van der Waals surface area contributed by atoms with Gasteiger partial charge in [0.15, 0.2) is 5.65 Å². The van der Waals surface area contributed by atoms with Gasteiger partial charge >= 0.3 is 0 Å². The van der Waals surface area contributed by atoms with Crippen LogP contribution in [0, 0.1) is 25.7 Å². The molecule has 1 N–H and O–H groups in total. The number of fused-ring (bicyclic) bond motifs is 2. The second-order valence-corrected chi connectivity index (χ2v) is 10.0. The third-order valence-electron chi connectivity index (χ3n) is 6.97. The Balaban J connectivity index is 1.49. The van der Waals surface area contributed by atoms with Gasteiger partial charge in [-0.1, -0.05) is 36.1 Å². The lowest BCUT2D eigenvalue weighted by Crippen LogP contribution is -2.32. The number of benzene rings is 2. The normalized spacial score (nSPS) is 11.8. The summed E-state index contributed by atoms with van der Waals surface area (Å²) < 4.78 is 4.93. The number of carbonyl (C=O) groups excluding carboxylic acids is 1. The maximum atomic E-state index is 14.3. The van der Waals surface area contributed by atoms with E-state index in [1.165, 1.54) is 0 Å². The van der Waals surface area contributed by atoms with Crippen LogP contribution in [0.4, 0.5) is 0 Å². The molecule has 0 fully saturated rings. The molecule has 2 aromatic carbocycles. The van der Waals surface area contributed by atoms with Gasteiger partial charge in [-0.05, 0) is 62.1 Å². The predicted molar refractivity (Wildman–Crippen MR) is 157 cm³/mol. The quantitative estimate of drug-likeness (QED) is 0.336. The summed E-state index contributed by atoms with van der Waals surface area (Å²) in [4.78, 5) is 32.2. The third-order valence-corrected chi connectivity index (χ3v) is 6.97. The van der Waals surface area contributed by atoms with Crippen LogP contribution in [-0.2, 0) is 7.05 Å². The van der Waals surface area contributed by atoms with Gasteiger partial charge in [0.05, 0.1) is 28.9 Å². The molecule has 6 rings (SSSR count). The zero-order chi connectivity index (χ0) is 28.7. The molecule has 1 atom stereocenters. The maximum Gasteiger partial charge on any atom is 0.264 e. The molecule has 0 aliphatic heterocycles. The number of rotatable bonds is 4. The Morgan fingerprint density at radius 1 is 1.05 bits per heavy atom. The summed E-state index contributed by atoms with van der Waals surface area (Å²) in [5.41, 5.74) is 4.96. The van der Waals surface area contributed by atoms with Gasteiger partial charge in [0, 0.05) is 42.6 Å². The van der Waals surface area contributed by atoms with Crippen molar-refractivity contribution in [2.45, 2.75) is 26.8 Å². The standard InChI is InChI=1S/C32H27N7O2/c1-20-8-5-11-26(16-20)39-27(21(2)35-31(40)28-22(3)36-38-15-7-14-33-30(28)38)17-25-10-6-9-24(29(25)32(39)41)13-12-23-18-34-37(4)19-23/h5-11,14-19,21H,1-4H3,(H,35,40)/t21-/m0/s1. The first-order valence-electron chi connectivity index (χ1n) is 13.2. The molecule has 202 valence electrons. The van der Waals surface area contributed by atoms with Gasteiger partial charge in [0.25, 0.3) is 11.5 Å². The fraction of sp³-hybridized carbons (Fsp3) is 0.156. The van der Waals surface area contributed by atoms with Gasteiger partial charge in [-0.25, -0.2) is 9.50 Å². The Morgan fingerprint density at radius 2 is 1.88 bits per heavy atom. The van der Waals surface area contributed by atoms with Gasteiger partial charge in [0.1, 0.15) is 5.56 Å². The summed E-state index contributed by atoms with van der Waals surface area (Å²) in [6, 6.07) is 16.5. The Hall–Kier alpha value is -5.49. The molecule has 0 unspecified atom stereocenters. The largest absolute Gasteiger partial charge is 0.344 e. The average Bonchev–Trinajstić information content (AvgIpc) is 3.52. The SMILES string of the molecule is Cc1cccc(-n2c([C@H](C)NC(=O)c3c(C)nn4cccnc34)cc3cccc(C#Cc4cnn(C)c4)c3c2=O)c1. The molecular weight excluding hydrogens is 514 g/mol. The van der Waals surface area contributed by atoms with Crippen LogP contribution >= 0.6 is 0 Å². The Morgan fingerprint density at radius 3 is 2.66 bits per heavy atom. The second-order valence-electron chi connectivity index (χ2n) is 10.0. The maximum absolute atomic E-state index is 14.3. The molecule has 41 heavy (non-hydrogen) atoms. The second kappa shape index (κ2) is 10.2. The topological polar surface area (TPSA) is 99.1 Å². The van der Waals surface area contributed by atoms with Crippen LogP contribution in [0.15, 0.2) is 84.2 Å². The van der Waals surface area contributed by atoms with Crippen LogP contribution in [0.5, 0.6) is 0 Å². The number of nitrogens with one attached hydrogen (secondary N) is 1. The van der Waals surface area contributed by atoms with Crippen molar-refractivity contribution in [2.75, 3.05) is 0 Å². The number of carbonyl (C=O) groups is 1. The van der Waals surface area contributed by atoms with E-state index in [4.69, 9.17) is 0 Å². The predicted octanol–water partition coefficient (Wildman–Crippen LogP) is 4.27. The molecule has 4 heterocycles. The molecule has 0 saturated heterocycles. The summed E-state index contributed by atoms with van der Waals surface area (Å²) in [6.07, 6.45) is 6.90. The number of amides is 1. The molecule has 4 aromatic heterocycles. The molecule has 0 aliphatic rings. The lowest BCUT2D eigenvalue weighted by Gasteiger charge is -2.21. The molecular formula is C32H27N7O2. The molecule has 0 aliphatic carbocycles. The smallest absolute Gasteiger partial charge is 0.264 e. The van der Waals surface area contributed by atoms with E-state index >= 15 is 0 Å². The summed E-state index contributed by atoms with van der Waals surface area (Å²) in [5.74, 6) is 5.97. The van der Waals surface area contributed by atoms with E-state index in [0.29, 0.717) is 39.2 Å². The fourth-order valence-corrected chi connectivity index (χ4v) is 5.07. The highest BCUT2D eigenvalue weighted by Crippen LogP contribution is 2.24. The van der Waals surface area contributed by atoms with E-state index in [9.17, 15) is 9.59 Å². The third kappa shape index (κ3) is 4.76. The minimum Gasteiger partial charge on any atom is -0.344 e. The van der Waals surface area contributed by atoms with Gasteiger partial charge in [-0.2, -0.15) is 10.2 Å². The molecule has 0 spiro atoms. The van der Waals surface area contributed by atoms with Crippen LogP contribution in [0.2, 0.25) is 0 Å². The summed E-state index contributed by atoms with van der Waals surface area (Å²) in [7, 11) is 1.83. The highest BCUT2D eigenvalue weighted by atomic mass is 16.2. The minimum atomic E-state index is -0.525. The van der Waals surface area contributed by atoms with Crippen molar-refractivity contribution >= 4 is 22.3 Å². The minimum absolute atomic E-state index is 0.214. The number of nitrogens with zero attached hydrogens (tertiary/aromatic N) is 6. The van der Waals surface area contributed by atoms with Crippen LogP contribution in [0.3, 0.4) is 0 Å². The van der Waals surface area contributed by atoms with E-state index in [1.54, 1.807) is 45.3 Å².